The van der Waals surface area contributed by atoms with Gasteiger partial charge in [-0.1, -0.05) is 24.3 Å². The van der Waals surface area contributed by atoms with Gasteiger partial charge in [0, 0.05) is 31.9 Å². The number of hydrogen-bond acceptors (Lipinski definition) is 6. The molecule has 3 N–H and O–H groups in total. The average Bonchev–Trinajstić information content (AvgIpc) is 2.80. The lowest BCUT2D eigenvalue weighted by atomic mass is 10.3. The molecule has 1 aliphatic rings. The molecule has 0 spiro atoms. The van der Waals surface area contributed by atoms with Crippen molar-refractivity contribution in [3.05, 3.63) is 54.2 Å². The summed E-state index contributed by atoms with van der Waals surface area (Å²) in [4.78, 5) is 11.1. The second-order valence-electron chi connectivity index (χ2n) is 6.95. The highest BCUT2D eigenvalue weighted by molar-refractivity contribution is 5.77. The molecule has 8 nitrogen and oxygen atoms in total. The number of aromatic nitrogens is 1. The van der Waals surface area contributed by atoms with Crippen molar-refractivity contribution in [3.8, 4) is 11.6 Å². The first-order chi connectivity index (χ1) is 14.8. The van der Waals surface area contributed by atoms with E-state index in [4.69, 9.17) is 19.9 Å². The number of pyridine rings is 1. The van der Waals surface area contributed by atoms with Gasteiger partial charge in [-0.25, -0.2) is 9.98 Å². The van der Waals surface area contributed by atoms with E-state index < -0.39 is 0 Å². The van der Waals surface area contributed by atoms with Gasteiger partial charge in [0.05, 0.1) is 19.8 Å². The van der Waals surface area contributed by atoms with Gasteiger partial charge in [0.15, 0.2) is 5.96 Å². The van der Waals surface area contributed by atoms with Gasteiger partial charge in [-0.2, -0.15) is 0 Å². The van der Waals surface area contributed by atoms with Crippen LogP contribution in [-0.4, -0.2) is 68.4 Å². The van der Waals surface area contributed by atoms with Crippen LogP contribution in [0.1, 0.15) is 12.0 Å². The standard InChI is InChI=1S/C22H31N5O3/c23-22(24-9-4-10-27-11-13-28-14-12-27)26-18-19-7-8-21(25-17-19)30-16-15-29-20-5-2-1-3-6-20/h1-3,5-8,17H,4,9-16,18H2,(H3,23,24,26). The summed E-state index contributed by atoms with van der Waals surface area (Å²) in [5.41, 5.74) is 6.92. The van der Waals surface area contributed by atoms with E-state index in [1.54, 1.807) is 6.20 Å². The molecule has 0 saturated carbocycles. The lowest BCUT2D eigenvalue weighted by molar-refractivity contribution is 0.0376. The number of aliphatic imine (C=N–C) groups is 1. The molecular weight excluding hydrogens is 382 g/mol. The number of benzene rings is 1. The fourth-order valence-corrected chi connectivity index (χ4v) is 2.99. The Kier molecular flexibility index (Phi) is 9.23. The molecule has 0 bridgehead atoms. The molecule has 1 aromatic heterocycles. The minimum atomic E-state index is 0.431. The second kappa shape index (κ2) is 12.7. The maximum atomic E-state index is 5.95. The first kappa shape index (κ1) is 21.9. The lowest BCUT2D eigenvalue weighted by Crippen LogP contribution is -2.39. The maximum Gasteiger partial charge on any atom is 0.213 e. The number of guanidine groups is 1. The topological polar surface area (TPSA) is 94.2 Å². The minimum Gasteiger partial charge on any atom is -0.490 e. The molecule has 0 unspecified atom stereocenters. The van der Waals surface area contributed by atoms with Gasteiger partial charge in [0.25, 0.3) is 0 Å². The number of morpholine rings is 1. The molecular formula is C22H31N5O3. The molecule has 30 heavy (non-hydrogen) atoms. The Bertz CT molecular complexity index is 749. The van der Waals surface area contributed by atoms with Crippen LogP contribution in [0.4, 0.5) is 0 Å². The van der Waals surface area contributed by atoms with E-state index in [2.05, 4.69) is 20.2 Å². The Hall–Kier alpha value is -2.84. The third-order valence-corrected chi connectivity index (χ3v) is 4.64. The maximum absolute atomic E-state index is 5.95. The fourth-order valence-electron chi connectivity index (χ4n) is 2.99. The molecule has 2 aromatic rings. The van der Waals surface area contributed by atoms with Crippen LogP contribution in [0.3, 0.4) is 0 Å². The zero-order valence-corrected chi connectivity index (χ0v) is 17.3. The Labute approximate surface area is 178 Å². The second-order valence-corrected chi connectivity index (χ2v) is 6.95. The van der Waals surface area contributed by atoms with Gasteiger partial charge in [-0.05, 0) is 30.7 Å². The van der Waals surface area contributed by atoms with Crippen molar-refractivity contribution in [2.45, 2.75) is 13.0 Å². The van der Waals surface area contributed by atoms with Crippen LogP contribution in [-0.2, 0) is 11.3 Å². The summed E-state index contributed by atoms with van der Waals surface area (Å²) >= 11 is 0. The lowest BCUT2D eigenvalue weighted by Gasteiger charge is -2.26. The molecule has 3 rings (SSSR count). The fraction of sp³-hybridized carbons (Fsp3) is 0.455. The van der Waals surface area contributed by atoms with Crippen LogP contribution in [0.15, 0.2) is 53.7 Å². The Balaban J connectivity index is 1.28. The molecule has 0 atom stereocenters. The van der Waals surface area contributed by atoms with Crippen molar-refractivity contribution in [3.63, 3.8) is 0 Å². The van der Waals surface area contributed by atoms with E-state index in [-0.39, 0.29) is 0 Å². The van der Waals surface area contributed by atoms with Gasteiger partial charge < -0.3 is 25.3 Å². The van der Waals surface area contributed by atoms with Crippen LogP contribution in [0.2, 0.25) is 0 Å². The van der Waals surface area contributed by atoms with Gasteiger partial charge in [0.2, 0.25) is 5.88 Å². The van der Waals surface area contributed by atoms with E-state index in [0.29, 0.717) is 31.6 Å². The monoisotopic (exact) mass is 413 g/mol. The van der Waals surface area contributed by atoms with Crippen LogP contribution in [0.25, 0.3) is 0 Å². The first-order valence-corrected chi connectivity index (χ1v) is 10.4. The van der Waals surface area contributed by atoms with Gasteiger partial charge in [-0.3, -0.25) is 4.90 Å². The van der Waals surface area contributed by atoms with Crippen molar-refractivity contribution in [1.82, 2.24) is 15.2 Å². The summed E-state index contributed by atoms with van der Waals surface area (Å²) in [5, 5.41) is 3.16. The summed E-state index contributed by atoms with van der Waals surface area (Å²) in [7, 11) is 0. The van der Waals surface area contributed by atoms with Crippen molar-refractivity contribution >= 4 is 5.96 Å². The van der Waals surface area contributed by atoms with E-state index in [1.807, 2.05) is 42.5 Å². The van der Waals surface area contributed by atoms with Crippen molar-refractivity contribution in [2.75, 3.05) is 52.6 Å². The molecule has 0 aliphatic carbocycles. The summed E-state index contributed by atoms with van der Waals surface area (Å²) in [5.74, 6) is 1.85. The zero-order chi connectivity index (χ0) is 20.9. The number of hydrogen-bond donors (Lipinski definition) is 2. The van der Waals surface area contributed by atoms with E-state index in [1.165, 1.54) is 0 Å². The molecule has 1 saturated heterocycles. The Morgan fingerprint density at radius 2 is 1.90 bits per heavy atom. The van der Waals surface area contributed by atoms with Gasteiger partial charge >= 0.3 is 0 Å². The summed E-state index contributed by atoms with van der Waals surface area (Å²) in [6.07, 6.45) is 2.78. The van der Waals surface area contributed by atoms with Crippen LogP contribution in [0.5, 0.6) is 11.6 Å². The quantitative estimate of drug-likeness (QED) is 0.329. The number of ether oxygens (including phenoxy) is 3. The van der Waals surface area contributed by atoms with Crippen LogP contribution >= 0.6 is 0 Å². The molecule has 162 valence electrons. The third-order valence-electron chi connectivity index (χ3n) is 4.64. The van der Waals surface area contributed by atoms with Crippen LogP contribution in [0, 0.1) is 0 Å². The number of para-hydroxylation sites is 1. The normalized spacial score (nSPS) is 15.0. The van der Waals surface area contributed by atoms with Crippen LogP contribution < -0.4 is 20.5 Å². The third kappa shape index (κ3) is 8.26. The highest BCUT2D eigenvalue weighted by atomic mass is 16.5. The van der Waals surface area contributed by atoms with Crippen molar-refractivity contribution in [1.29, 1.82) is 0 Å². The molecule has 1 aromatic carbocycles. The predicted octanol–water partition coefficient (Wildman–Crippen LogP) is 1.67. The predicted molar refractivity (Wildman–Crippen MR) is 117 cm³/mol. The van der Waals surface area contributed by atoms with E-state index >= 15 is 0 Å². The Morgan fingerprint density at radius 3 is 2.67 bits per heavy atom. The number of nitrogens with two attached hydrogens (primary N) is 1. The molecule has 1 aliphatic heterocycles. The number of nitrogens with zero attached hydrogens (tertiary/aromatic N) is 3. The summed E-state index contributed by atoms with van der Waals surface area (Å²) in [6, 6.07) is 13.4. The van der Waals surface area contributed by atoms with E-state index in [9.17, 15) is 0 Å². The highest BCUT2D eigenvalue weighted by Gasteiger charge is 2.09. The largest absolute Gasteiger partial charge is 0.490 e. The molecule has 0 amide bonds. The zero-order valence-electron chi connectivity index (χ0n) is 17.3. The average molecular weight is 414 g/mol. The summed E-state index contributed by atoms with van der Waals surface area (Å²) in [6.45, 7) is 6.91. The Morgan fingerprint density at radius 1 is 1.10 bits per heavy atom. The molecule has 8 heteroatoms. The molecule has 2 heterocycles. The smallest absolute Gasteiger partial charge is 0.213 e. The number of rotatable bonds is 11. The van der Waals surface area contributed by atoms with Gasteiger partial charge in [-0.15, -0.1) is 0 Å². The summed E-state index contributed by atoms with van der Waals surface area (Å²) < 4.78 is 16.5. The first-order valence-electron chi connectivity index (χ1n) is 10.4. The van der Waals surface area contributed by atoms with Crippen molar-refractivity contribution < 1.29 is 14.2 Å². The van der Waals surface area contributed by atoms with E-state index in [0.717, 1.165) is 57.1 Å². The minimum absolute atomic E-state index is 0.431. The SMILES string of the molecule is NC(=NCc1ccc(OCCOc2ccccc2)nc1)NCCCN1CCOCC1. The molecule has 0 radical (unpaired) electrons. The number of nitrogens with one attached hydrogen (secondary N) is 1. The highest BCUT2D eigenvalue weighted by Crippen LogP contribution is 2.10. The molecule has 1 fully saturated rings. The van der Waals surface area contributed by atoms with Crippen molar-refractivity contribution in [2.24, 2.45) is 10.7 Å². The van der Waals surface area contributed by atoms with Gasteiger partial charge in [0.1, 0.15) is 19.0 Å².